The van der Waals surface area contributed by atoms with E-state index in [-0.39, 0.29) is 5.91 Å². The maximum Gasteiger partial charge on any atom is 0.323 e. The van der Waals surface area contributed by atoms with Crippen LogP contribution in [0.1, 0.15) is 21.5 Å². The Balaban J connectivity index is 1.71. The van der Waals surface area contributed by atoms with Crippen molar-refractivity contribution < 1.29 is 9.59 Å². The standard InChI is InChI=1S/C24H23N5O2/c1-29(2)22-13-12-20(28-24(31)27-19-10-8-17(15-25)9-11-19)14-21(22)23(30)26-16-18-6-4-3-5-7-18/h3-14H,16H2,1-2H3,(H,26,30)(H2,27,28,31). The lowest BCUT2D eigenvalue weighted by Crippen LogP contribution is -2.26. The third-order valence-electron chi connectivity index (χ3n) is 4.55. The van der Waals surface area contributed by atoms with Crippen molar-refractivity contribution in [2.75, 3.05) is 29.6 Å². The Morgan fingerprint density at radius 1 is 0.903 bits per heavy atom. The average Bonchev–Trinajstić information content (AvgIpc) is 2.78. The van der Waals surface area contributed by atoms with Crippen LogP contribution >= 0.6 is 0 Å². The van der Waals surface area contributed by atoms with E-state index in [1.165, 1.54) is 0 Å². The molecule has 0 radical (unpaired) electrons. The number of nitrogens with zero attached hydrogens (tertiary/aromatic N) is 2. The summed E-state index contributed by atoms with van der Waals surface area (Å²) in [5.74, 6) is -0.233. The Morgan fingerprint density at radius 2 is 1.55 bits per heavy atom. The van der Waals surface area contributed by atoms with Crippen molar-refractivity contribution in [2.45, 2.75) is 6.54 Å². The molecular weight excluding hydrogens is 390 g/mol. The molecule has 0 atom stereocenters. The predicted octanol–water partition coefficient (Wildman–Crippen LogP) is 4.20. The fourth-order valence-electron chi connectivity index (χ4n) is 2.98. The summed E-state index contributed by atoms with van der Waals surface area (Å²) in [6, 6.07) is 22.9. The van der Waals surface area contributed by atoms with Gasteiger partial charge in [-0.3, -0.25) is 4.79 Å². The Hall–Kier alpha value is -4.31. The van der Waals surface area contributed by atoms with Crippen molar-refractivity contribution in [3.63, 3.8) is 0 Å². The molecule has 0 aromatic heterocycles. The van der Waals surface area contributed by atoms with E-state index in [1.54, 1.807) is 42.5 Å². The lowest BCUT2D eigenvalue weighted by atomic mass is 10.1. The van der Waals surface area contributed by atoms with Gasteiger partial charge in [0.15, 0.2) is 0 Å². The number of rotatable bonds is 6. The highest BCUT2D eigenvalue weighted by Crippen LogP contribution is 2.23. The molecule has 3 aromatic carbocycles. The normalized spacial score (nSPS) is 9.97. The smallest absolute Gasteiger partial charge is 0.323 e. The molecule has 0 bridgehead atoms. The largest absolute Gasteiger partial charge is 0.377 e. The monoisotopic (exact) mass is 413 g/mol. The van der Waals surface area contributed by atoms with Crippen LogP contribution in [0.4, 0.5) is 21.9 Å². The third kappa shape index (κ3) is 5.84. The van der Waals surface area contributed by atoms with Gasteiger partial charge in [0.1, 0.15) is 0 Å². The van der Waals surface area contributed by atoms with Crippen molar-refractivity contribution in [1.29, 1.82) is 5.26 Å². The van der Waals surface area contributed by atoms with Crippen LogP contribution < -0.4 is 20.9 Å². The van der Waals surface area contributed by atoms with Gasteiger partial charge in [0.25, 0.3) is 5.91 Å². The number of urea groups is 1. The molecule has 0 fully saturated rings. The van der Waals surface area contributed by atoms with Crippen LogP contribution in [0.3, 0.4) is 0 Å². The molecule has 3 rings (SSSR count). The fourth-order valence-corrected chi connectivity index (χ4v) is 2.98. The molecule has 3 amide bonds. The van der Waals surface area contributed by atoms with E-state index in [0.29, 0.717) is 29.0 Å². The number of amides is 3. The molecule has 0 aliphatic rings. The van der Waals surface area contributed by atoms with Gasteiger partial charge in [0, 0.05) is 37.7 Å². The first-order valence-corrected chi connectivity index (χ1v) is 9.68. The van der Waals surface area contributed by atoms with Gasteiger partial charge in [-0.25, -0.2) is 4.79 Å². The second-order valence-corrected chi connectivity index (χ2v) is 7.06. The number of carbonyl (C=O) groups is 2. The lowest BCUT2D eigenvalue weighted by Gasteiger charge is -2.18. The first-order chi connectivity index (χ1) is 15.0. The van der Waals surface area contributed by atoms with Crippen molar-refractivity contribution in [3.05, 3.63) is 89.5 Å². The zero-order chi connectivity index (χ0) is 22.2. The highest BCUT2D eigenvalue weighted by atomic mass is 16.2. The SMILES string of the molecule is CN(C)c1ccc(NC(=O)Nc2ccc(C#N)cc2)cc1C(=O)NCc1ccccc1. The molecule has 0 heterocycles. The van der Waals surface area contributed by atoms with Crippen molar-refractivity contribution in [3.8, 4) is 6.07 Å². The molecule has 0 saturated carbocycles. The summed E-state index contributed by atoms with van der Waals surface area (Å²) in [4.78, 5) is 27.0. The summed E-state index contributed by atoms with van der Waals surface area (Å²) in [5, 5.41) is 17.2. The minimum atomic E-state index is -0.446. The van der Waals surface area contributed by atoms with E-state index in [1.807, 2.05) is 55.4 Å². The third-order valence-corrected chi connectivity index (χ3v) is 4.55. The number of nitrogens with one attached hydrogen (secondary N) is 3. The number of hydrogen-bond acceptors (Lipinski definition) is 4. The van der Waals surface area contributed by atoms with Crippen molar-refractivity contribution >= 4 is 29.0 Å². The molecule has 0 unspecified atom stereocenters. The molecule has 0 aliphatic carbocycles. The summed E-state index contributed by atoms with van der Waals surface area (Å²) < 4.78 is 0. The topological polar surface area (TPSA) is 97.3 Å². The maximum absolute atomic E-state index is 12.8. The van der Waals surface area contributed by atoms with Crippen LogP contribution in [-0.4, -0.2) is 26.0 Å². The second kappa shape index (κ2) is 9.94. The van der Waals surface area contributed by atoms with Crippen LogP contribution in [0.5, 0.6) is 0 Å². The number of carbonyl (C=O) groups excluding carboxylic acids is 2. The Morgan fingerprint density at radius 3 is 2.19 bits per heavy atom. The van der Waals surface area contributed by atoms with Gasteiger partial charge in [-0.1, -0.05) is 30.3 Å². The van der Waals surface area contributed by atoms with Gasteiger partial charge in [0.2, 0.25) is 0 Å². The summed E-state index contributed by atoms with van der Waals surface area (Å²) in [7, 11) is 3.71. The summed E-state index contributed by atoms with van der Waals surface area (Å²) >= 11 is 0. The summed E-state index contributed by atoms with van der Waals surface area (Å²) in [6.07, 6.45) is 0. The van der Waals surface area contributed by atoms with E-state index >= 15 is 0 Å². The number of benzene rings is 3. The number of hydrogen-bond donors (Lipinski definition) is 3. The van der Waals surface area contributed by atoms with Gasteiger partial charge in [-0.2, -0.15) is 5.26 Å². The van der Waals surface area contributed by atoms with E-state index in [4.69, 9.17) is 5.26 Å². The van der Waals surface area contributed by atoms with Crippen LogP contribution in [-0.2, 0) is 6.54 Å². The van der Waals surface area contributed by atoms with E-state index in [2.05, 4.69) is 16.0 Å². The van der Waals surface area contributed by atoms with Crippen LogP contribution in [0, 0.1) is 11.3 Å². The van der Waals surface area contributed by atoms with E-state index in [0.717, 1.165) is 11.3 Å². The molecule has 0 saturated heterocycles. The van der Waals surface area contributed by atoms with Gasteiger partial charge in [-0.15, -0.1) is 0 Å². The van der Waals surface area contributed by atoms with Crippen LogP contribution in [0.2, 0.25) is 0 Å². The van der Waals surface area contributed by atoms with Crippen LogP contribution in [0.15, 0.2) is 72.8 Å². The molecule has 7 nitrogen and oxygen atoms in total. The maximum atomic E-state index is 12.8. The second-order valence-electron chi connectivity index (χ2n) is 7.06. The Labute approximate surface area is 181 Å². The Kier molecular flexibility index (Phi) is 6.86. The minimum Gasteiger partial charge on any atom is -0.377 e. The van der Waals surface area contributed by atoms with Gasteiger partial charge in [0.05, 0.1) is 17.2 Å². The van der Waals surface area contributed by atoms with Gasteiger partial charge < -0.3 is 20.9 Å². The zero-order valence-electron chi connectivity index (χ0n) is 17.3. The van der Waals surface area contributed by atoms with Crippen molar-refractivity contribution in [2.24, 2.45) is 0 Å². The first kappa shape index (κ1) is 21.4. The predicted molar refractivity (Wildman–Crippen MR) is 122 cm³/mol. The fraction of sp³-hybridized carbons (Fsp3) is 0.125. The molecule has 3 N–H and O–H groups in total. The highest BCUT2D eigenvalue weighted by Gasteiger charge is 2.15. The highest BCUT2D eigenvalue weighted by molar-refractivity contribution is 6.03. The zero-order valence-corrected chi connectivity index (χ0v) is 17.3. The summed E-state index contributed by atoms with van der Waals surface area (Å²) in [6.45, 7) is 0.406. The lowest BCUT2D eigenvalue weighted by molar-refractivity contribution is 0.0951. The van der Waals surface area contributed by atoms with Gasteiger partial charge in [-0.05, 0) is 48.0 Å². The molecule has 7 heteroatoms. The van der Waals surface area contributed by atoms with Crippen molar-refractivity contribution in [1.82, 2.24) is 5.32 Å². The molecule has 156 valence electrons. The first-order valence-electron chi connectivity index (χ1n) is 9.68. The molecular formula is C24H23N5O2. The quantitative estimate of drug-likeness (QED) is 0.564. The Bertz CT molecular complexity index is 1100. The molecule has 0 aliphatic heterocycles. The van der Waals surface area contributed by atoms with E-state index in [9.17, 15) is 9.59 Å². The van der Waals surface area contributed by atoms with Crippen LogP contribution in [0.25, 0.3) is 0 Å². The number of anilines is 3. The number of nitriles is 1. The molecule has 0 spiro atoms. The minimum absolute atomic E-state index is 0.233. The molecule has 31 heavy (non-hydrogen) atoms. The van der Waals surface area contributed by atoms with E-state index < -0.39 is 6.03 Å². The molecule has 3 aromatic rings. The van der Waals surface area contributed by atoms with Gasteiger partial charge >= 0.3 is 6.03 Å². The summed E-state index contributed by atoms with van der Waals surface area (Å²) in [5.41, 5.74) is 3.75. The average molecular weight is 413 g/mol.